The Morgan fingerprint density at radius 2 is 2.05 bits per heavy atom. The molecule has 3 N–H and O–H groups in total. The van der Waals surface area contributed by atoms with E-state index in [4.69, 9.17) is 5.73 Å². The Morgan fingerprint density at radius 3 is 2.65 bits per heavy atom. The fraction of sp³-hybridized carbons (Fsp3) is 0.333. The van der Waals surface area contributed by atoms with E-state index in [1.807, 2.05) is 18.4 Å². The van der Waals surface area contributed by atoms with E-state index in [0.29, 0.717) is 16.4 Å². The molecule has 0 aliphatic rings. The lowest BCUT2D eigenvalue weighted by atomic mass is 9.93. The van der Waals surface area contributed by atoms with Gasteiger partial charge in [-0.25, -0.2) is 4.98 Å². The fourth-order valence-corrected chi connectivity index (χ4v) is 2.66. The van der Waals surface area contributed by atoms with Crippen LogP contribution < -0.4 is 11.1 Å². The van der Waals surface area contributed by atoms with Crippen LogP contribution in [0.4, 0.5) is 10.8 Å². The van der Waals surface area contributed by atoms with Crippen molar-refractivity contribution in [2.45, 2.75) is 33.1 Å². The van der Waals surface area contributed by atoms with Gasteiger partial charge in [-0.2, -0.15) is 0 Å². The van der Waals surface area contributed by atoms with E-state index < -0.39 is 0 Å². The standard InChI is InChI=1S/C15H19N3OS/c1-9-5-6-10(16)7-11(9)13(19)18-14-17-12(8-20-14)15(2,3)4/h5-8H,16H2,1-4H3,(H,17,18,19). The van der Waals surface area contributed by atoms with Gasteiger partial charge < -0.3 is 5.73 Å². The van der Waals surface area contributed by atoms with E-state index in [1.165, 1.54) is 11.3 Å². The number of aromatic nitrogens is 1. The van der Waals surface area contributed by atoms with Gasteiger partial charge in [0.25, 0.3) is 5.91 Å². The van der Waals surface area contributed by atoms with E-state index in [0.717, 1.165) is 11.3 Å². The van der Waals surface area contributed by atoms with Gasteiger partial charge in [0, 0.05) is 22.0 Å². The van der Waals surface area contributed by atoms with E-state index in [1.54, 1.807) is 12.1 Å². The van der Waals surface area contributed by atoms with Gasteiger partial charge in [-0.15, -0.1) is 11.3 Å². The zero-order valence-electron chi connectivity index (χ0n) is 12.2. The summed E-state index contributed by atoms with van der Waals surface area (Å²) in [5, 5.41) is 5.42. The second-order valence-corrected chi connectivity index (χ2v) is 6.67. The number of thiazole rings is 1. The minimum absolute atomic E-state index is 0.0213. The predicted octanol–water partition coefficient (Wildman–Crippen LogP) is 3.58. The summed E-state index contributed by atoms with van der Waals surface area (Å²) in [6.07, 6.45) is 0. The summed E-state index contributed by atoms with van der Waals surface area (Å²) in [7, 11) is 0. The number of anilines is 2. The van der Waals surface area contributed by atoms with Crippen molar-refractivity contribution in [1.29, 1.82) is 0 Å². The van der Waals surface area contributed by atoms with Crippen LogP contribution >= 0.6 is 11.3 Å². The predicted molar refractivity (Wildman–Crippen MR) is 84.4 cm³/mol. The molecule has 0 bridgehead atoms. The highest BCUT2D eigenvalue weighted by molar-refractivity contribution is 7.14. The second kappa shape index (κ2) is 5.25. The number of rotatable bonds is 2. The van der Waals surface area contributed by atoms with Crippen LogP contribution in [-0.4, -0.2) is 10.9 Å². The monoisotopic (exact) mass is 289 g/mol. The second-order valence-electron chi connectivity index (χ2n) is 5.82. The third-order valence-corrected chi connectivity index (χ3v) is 3.76. The average Bonchev–Trinajstić information content (AvgIpc) is 2.80. The molecule has 1 aromatic carbocycles. The van der Waals surface area contributed by atoms with Crippen LogP contribution in [0.1, 0.15) is 42.4 Å². The van der Waals surface area contributed by atoms with Crippen molar-refractivity contribution in [3.63, 3.8) is 0 Å². The van der Waals surface area contributed by atoms with Gasteiger partial charge in [0.1, 0.15) is 0 Å². The van der Waals surface area contributed by atoms with Gasteiger partial charge in [-0.3, -0.25) is 10.1 Å². The van der Waals surface area contributed by atoms with Crippen molar-refractivity contribution in [3.8, 4) is 0 Å². The van der Waals surface area contributed by atoms with Crippen molar-refractivity contribution in [2.24, 2.45) is 0 Å². The van der Waals surface area contributed by atoms with Crippen LogP contribution in [0.15, 0.2) is 23.6 Å². The maximum Gasteiger partial charge on any atom is 0.257 e. The van der Waals surface area contributed by atoms with Crippen LogP contribution in [0.2, 0.25) is 0 Å². The summed E-state index contributed by atoms with van der Waals surface area (Å²) in [5.74, 6) is -0.176. The lowest BCUT2D eigenvalue weighted by Gasteiger charge is -2.14. The summed E-state index contributed by atoms with van der Waals surface area (Å²) in [6.45, 7) is 8.16. The Kier molecular flexibility index (Phi) is 3.81. The smallest absolute Gasteiger partial charge is 0.257 e. The first-order chi connectivity index (χ1) is 9.27. The molecule has 106 valence electrons. The summed E-state index contributed by atoms with van der Waals surface area (Å²) in [5.41, 5.74) is 8.73. The molecule has 1 amide bonds. The molecule has 0 radical (unpaired) electrons. The van der Waals surface area contributed by atoms with Gasteiger partial charge in [-0.05, 0) is 24.6 Å². The van der Waals surface area contributed by atoms with Crippen LogP contribution in [0.3, 0.4) is 0 Å². The molecule has 0 spiro atoms. The Morgan fingerprint density at radius 1 is 1.35 bits per heavy atom. The Hall–Kier alpha value is -1.88. The number of nitrogens with two attached hydrogens (primary N) is 1. The van der Waals surface area contributed by atoms with Crippen molar-refractivity contribution in [1.82, 2.24) is 4.98 Å². The molecular weight excluding hydrogens is 270 g/mol. The fourth-order valence-electron chi connectivity index (χ4n) is 1.72. The molecule has 0 unspecified atom stereocenters. The SMILES string of the molecule is Cc1ccc(N)cc1C(=O)Nc1nc(C(C)(C)C)cs1. The molecule has 2 rings (SSSR count). The molecule has 4 nitrogen and oxygen atoms in total. The Labute approximate surface area is 123 Å². The average molecular weight is 289 g/mol. The highest BCUT2D eigenvalue weighted by atomic mass is 32.1. The Balaban J connectivity index is 2.20. The lowest BCUT2D eigenvalue weighted by molar-refractivity contribution is 0.102. The number of nitrogen functional groups attached to an aromatic ring is 1. The van der Waals surface area contributed by atoms with E-state index in [2.05, 4.69) is 31.1 Å². The number of nitrogens with one attached hydrogen (secondary N) is 1. The first-order valence-electron chi connectivity index (χ1n) is 6.41. The van der Waals surface area contributed by atoms with Gasteiger partial charge in [0.15, 0.2) is 5.13 Å². The highest BCUT2D eigenvalue weighted by Crippen LogP contribution is 2.26. The minimum atomic E-state index is -0.176. The van der Waals surface area contributed by atoms with Crippen LogP contribution in [0.25, 0.3) is 0 Å². The van der Waals surface area contributed by atoms with E-state index in [-0.39, 0.29) is 11.3 Å². The molecule has 0 saturated carbocycles. The molecule has 0 atom stereocenters. The lowest BCUT2D eigenvalue weighted by Crippen LogP contribution is -2.15. The number of carbonyl (C=O) groups is 1. The first kappa shape index (κ1) is 14.5. The molecule has 0 saturated heterocycles. The number of benzene rings is 1. The van der Waals surface area contributed by atoms with Crippen LogP contribution in [-0.2, 0) is 5.41 Å². The number of nitrogens with zero attached hydrogens (tertiary/aromatic N) is 1. The maximum absolute atomic E-state index is 12.2. The summed E-state index contributed by atoms with van der Waals surface area (Å²) in [4.78, 5) is 16.7. The van der Waals surface area contributed by atoms with Crippen LogP contribution in [0.5, 0.6) is 0 Å². The van der Waals surface area contributed by atoms with Crippen molar-refractivity contribution in [3.05, 3.63) is 40.4 Å². The van der Waals surface area contributed by atoms with Crippen molar-refractivity contribution >= 4 is 28.1 Å². The number of amides is 1. The zero-order valence-corrected chi connectivity index (χ0v) is 13.0. The van der Waals surface area contributed by atoms with E-state index >= 15 is 0 Å². The number of hydrogen-bond donors (Lipinski definition) is 2. The zero-order chi connectivity index (χ0) is 14.9. The third-order valence-electron chi connectivity index (χ3n) is 3.00. The van der Waals surface area contributed by atoms with E-state index in [9.17, 15) is 4.79 Å². The number of carbonyl (C=O) groups excluding carboxylic acids is 1. The summed E-state index contributed by atoms with van der Waals surface area (Å²) >= 11 is 1.44. The number of aryl methyl sites for hydroxylation is 1. The summed E-state index contributed by atoms with van der Waals surface area (Å²) in [6, 6.07) is 5.31. The minimum Gasteiger partial charge on any atom is -0.399 e. The molecule has 1 aromatic heterocycles. The van der Waals surface area contributed by atoms with Crippen molar-refractivity contribution in [2.75, 3.05) is 11.1 Å². The van der Waals surface area contributed by atoms with Crippen molar-refractivity contribution < 1.29 is 4.79 Å². The molecule has 0 fully saturated rings. The van der Waals surface area contributed by atoms with Crippen LogP contribution in [0, 0.1) is 6.92 Å². The summed E-state index contributed by atoms with van der Waals surface area (Å²) < 4.78 is 0. The molecule has 2 aromatic rings. The normalized spacial score (nSPS) is 11.4. The third kappa shape index (κ3) is 3.17. The highest BCUT2D eigenvalue weighted by Gasteiger charge is 2.18. The molecule has 5 heteroatoms. The van der Waals surface area contributed by atoms with Gasteiger partial charge in [-0.1, -0.05) is 26.8 Å². The van der Waals surface area contributed by atoms with Gasteiger partial charge in [0.2, 0.25) is 0 Å². The number of hydrogen-bond acceptors (Lipinski definition) is 4. The maximum atomic E-state index is 12.2. The first-order valence-corrected chi connectivity index (χ1v) is 7.29. The molecule has 1 heterocycles. The Bertz CT molecular complexity index is 641. The molecular formula is C15H19N3OS. The topological polar surface area (TPSA) is 68.0 Å². The molecule has 0 aliphatic heterocycles. The molecule has 20 heavy (non-hydrogen) atoms. The largest absolute Gasteiger partial charge is 0.399 e. The quantitative estimate of drug-likeness (QED) is 0.830. The van der Waals surface area contributed by atoms with Gasteiger partial charge >= 0.3 is 0 Å². The van der Waals surface area contributed by atoms with Gasteiger partial charge in [0.05, 0.1) is 5.69 Å². The molecule has 0 aliphatic carbocycles.